The molecule has 0 saturated carbocycles. The van der Waals surface area contributed by atoms with Gasteiger partial charge in [-0.2, -0.15) is 0 Å². The van der Waals surface area contributed by atoms with E-state index in [4.69, 9.17) is 16.9 Å². The molecule has 3 nitrogen and oxygen atoms in total. The van der Waals surface area contributed by atoms with Crippen LogP contribution in [0.1, 0.15) is 33.1 Å². The van der Waals surface area contributed by atoms with E-state index in [9.17, 15) is 0 Å². The van der Waals surface area contributed by atoms with Gasteiger partial charge in [0.05, 0.1) is 0 Å². The summed E-state index contributed by atoms with van der Waals surface area (Å²) in [7, 11) is 5.71. The summed E-state index contributed by atoms with van der Waals surface area (Å²) in [5.41, 5.74) is 13.7. The van der Waals surface area contributed by atoms with Crippen molar-refractivity contribution in [3.63, 3.8) is 0 Å². The van der Waals surface area contributed by atoms with Gasteiger partial charge in [-0.25, -0.2) is 0 Å². The van der Waals surface area contributed by atoms with Crippen molar-refractivity contribution in [1.82, 2.24) is 0 Å². The molecule has 7 heteroatoms. The Bertz CT molecular complexity index is 387. The summed E-state index contributed by atoms with van der Waals surface area (Å²) in [4.78, 5) is 0. The van der Waals surface area contributed by atoms with Gasteiger partial charge in [-0.05, 0) is 0 Å². The molecule has 0 aliphatic rings. The van der Waals surface area contributed by atoms with Gasteiger partial charge in [0.25, 0.3) is 0 Å². The Morgan fingerprint density at radius 3 is 2.30 bits per heavy atom. The van der Waals surface area contributed by atoms with Gasteiger partial charge >= 0.3 is 137 Å². The van der Waals surface area contributed by atoms with Crippen LogP contribution in [0.2, 0.25) is 0 Å². The van der Waals surface area contributed by atoms with Crippen LogP contribution in [0.4, 0.5) is 0 Å². The first-order valence-electron chi connectivity index (χ1n) is 6.80. The Hall–Kier alpha value is 0.840. The maximum atomic E-state index is 8.33. The average Bonchev–Trinajstić information content (AvgIpc) is 2.26. The predicted octanol–water partition coefficient (Wildman–Crippen LogP) is 3.99. The number of allylic oxidation sites excluding steroid dienone is 3. The topological polar surface area (TPSA) is 75.9 Å². The summed E-state index contributed by atoms with van der Waals surface area (Å²) in [6.45, 7) is 4.64. The molecule has 0 radical (unpaired) electrons. The van der Waals surface area contributed by atoms with Crippen molar-refractivity contribution in [3.05, 3.63) is 22.2 Å². The van der Waals surface area contributed by atoms with Crippen molar-refractivity contribution in [2.45, 2.75) is 44.9 Å². The molecule has 0 fully saturated rings. The van der Waals surface area contributed by atoms with E-state index in [-0.39, 0.29) is 11.8 Å². The first kappa shape index (κ1) is 20.8. The summed E-state index contributed by atoms with van der Waals surface area (Å²) in [6.07, 6.45) is 6.34. The molecule has 0 aliphatic heterocycles. The zero-order valence-corrected chi connectivity index (χ0v) is 17.5. The number of nitrogens with one attached hydrogen (secondary N) is 1. The third-order valence-corrected chi connectivity index (χ3v) is 7.79. The summed E-state index contributed by atoms with van der Waals surface area (Å²) < 4.78 is 1.01. The predicted molar refractivity (Wildman–Crippen MR) is 108 cm³/mol. The van der Waals surface area contributed by atoms with Gasteiger partial charge in [0, 0.05) is 0 Å². The van der Waals surface area contributed by atoms with E-state index in [1.807, 2.05) is 13.0 Å². The fraction of sp³-hybridized carbons (Fsp3) is 0.615. The van der Waals surface area contributed by atoms with E-state index in [0.717, 1.165) is 16.5 Å². The molecule has 4 atom stereocenters. The first-order valence-corrected chi connectivity index (χ1v) is 13.8. The van der Waals surface area contributed by atoms with Crippen LogP contribution in [0.3, 0.4) is 0 Å². The van der Waals surface area contributed by atoms with E-state index < -0.39 is 6.64 Å². The fourth-order valence-electron chi connectivity index (χ4n) is 1.61. The van der Waals surface area contributed by atoms with E-state index >= 15 is 0 Å². The Labute approximate surface area is 137 Å². The van der Waals surface area contributed by atoms with E-state index in [1.165, 1.54) is 0 Å². The Kier molecular flexibility index (Phi) is 10.2. The maximum absolute atomic E-state index is 8.33. The van der Waals surface area contributed by atoms with Gasteiger partial charge < -0.3 is 0 Å². The average molecular weight is 400 g/mol. The molecule has 0 bridgehead atoms. The molecule has 0 aromatic rings. The second-order valence-electron chi connectivity index (χ2n) is 5.50. The summed E-state index contributed by atoms with van der Waals surface area (Å²) in [5.74, 6) is 0.0374. The molecule has 20 heavy (non-hydrogen) atoms. The molecule has 5 N–H and O–H groups in total. The van der Waals surface area contributed by atoms with Crippen molar-refractivity contribution in [3.8, 4) is 0 Å². The minimum atomic E-state index is -1.58. The van der Waals surface area contributed by atoms with Gasteiger partial charge in [0.15, 0.2) is 0 Å². The van der Waals surface area contributed by atoms with E-state index in [2.05, 4.69) is 53.5 Å². The fourth-order valence-corrected chi connectivity index (χ4v) is 3.56. The third-order valence-electron chi connectivity index (χ3n) is 2.86. The number of halogens is 1. The second kappa shape index (κ2) is 9.78. The van der Waals surface area contributed by atoms with Crippen molar-refractivity contribution in [2.75, 3.05) is 6.66 Å². The third kappa shape index (κ3) is 8.98. The summed E-state index contributed by atoms with van der Waals surface area (Å²) in [5, 5.41) is 8.33. The van der Waals surface area contributed by atoms with Crippen LogP contribution in [0, 0.1) is 5.41 Å². The molecule has 0 spiro atoms. The Balaban J connectivity index is 5.05. The molecule has 0 amide bonds. The molecule has 0 rings (SSSR count). The molecule has 0 saturated heterocycles. The molecule has 0 aliphatic carbocycles. The monoisotopic (exact) mass is 399 g/mol. The molecule has 0 aromatic carbocycles. The van der Waals surface area contributed by atoms with E-state index in [0.29, 0.717) is 18.6 Å². The molecular weight excluding hydrogens is 371 g/mol. The van der Waals surface area contributed by atoms with Gasteiger partial charge in [-0.1, -0.05) is 0 Å². The first-order chi connectivity index (χ1) is 9.07. The normalized spacial score (nSPS) is 17.8. The van der Waals surface area contributed by atoms with Gasteiger partial charge in [0.1, 0.15) is 0 Å². The molecule has 4 unspecified atom stereocenters. The van der Waals surface area contributed by atoms with Crippen molar-refractivity contribution < 1.29 is 0 Å². The van der Waals surface area contributed by atoms with Crippen molar-refractivity contribution >= 4 is 46.1 Å². The van der Waals surface area contributed by atoms with Gasteiger partial charge in [0.2, 0.25) is 0 Å². The molecular formula is C13H29BrN3P3. The van der Waals surface area contributed by atoms with Crippen LogP contribution in [0.5, 0.6) is 0 Å². The van der Waals surface area contributed by atoms with Gasteiger partial charge in [-0.15, -0.1) is 0 Å². The number of nitrogens with two attached hydrogens (primary N) is 2. The van der Waals surface area contributed by atoms with Crippen LogP contribution in [-0.2, 0) is 0 Å². The van der Waals surface area contributed by atoms with Crippen LogP contribution >= 0.6 is 40.4 Å². The SMILES string of the molecule is CC/C=C(Br)\C=C(/CC(C)N)C(=N)CC(N)[PH](C)(P)P. The standard InChI is InChI=1S/C13H29BrN3P3/c1-4-5-11(14)7-10(6-9(2)15)12(16)8-13(17)20(3,18)19/h5,7,9,13,16,20H,4,6,8,15,17-19H2,1-3H3/b10-7+,11-5+,16-12?. The van der Waals surface area contributed by atoms with Crippen LogP contribution in [0.25, 0.3) is 0 Å². The quantitative estimate of drug-likeness (QED) is 0.327. The van der Waals surface area contributed by atoms with Crippen molar-refractivity contribution in [1.29, 1.82) is 5.41 Å². The minimum absolute atomic E-state index is 0.0374. The zero-order chi connectivity index (χ0) is 15.9. The Morgan fingerprint density at radius 1 is 1.35 bits per heavy atom. The molecule has 118 valence electrons. The van der Waals surface area contributed by atoms with Crippen LogP contribution in [0.15, 0.2) is 22.2 Å². The Morgan fingerprint density at radius 2 is 1.90 bits per heavy atom. The number of rotatable bonds is 8. The number of hydrogen-bond acceptors (Lipinski definition) is 3. The second-order valence-corrected chi connectivity index (χ2v) is 19.4. The van der Waals surface area contributed by atoms with Crippen LogP contribution < -0.4 is 11.5 Å². The van der Waals surface area contributed by atoms with E-state index in [1.54, 1.807) is 0 Å². The van der Waals surface area contributed by atoms with Crippen LogP contribution in [-0.4, -0.2) is 24.2 Å². The van der Waals surface area contributed by atoms with Crippen molar-refractivity contribution in [2.24, 2.45) is 11.5 Å². The molecule has 0 heterocycles. The zero-order valence-electron chi connectivity index (χ0n) is 12.6. The van der Waals surface area contributed by atoms with Gasteiger partial charge in [-0.3, -0.25) is 0 Å². The molecule has 0 aromatic heterocycles. The number of hydrogen-bond donors (Lipinski definition) is 3. The summed E-state index contributed by atoms with van der Waals surface area (Å²) in [6, 6.07) is 0.0374. The summed E-state index contributed by atoms with van der Waals surface area (Å²) >= 11 is 3.52.